The fourth-order valence-electron chi connectivity index (χ4n) is 6.13. The summed E-state index contributed by atoms with van der Waals surface area (Å²) < 4.78 is 11.1. The van der Waals surface area contributed by atoms with Gasteiger partial charge in [0, 0.05) is 5.75 Å². The zero-order chi connectivity index (χ0) is 35.8. The Morgan fingerprint density at radius 3 is 2.16 bits per heavy atom. The van der Waals surface area contributed by atoms with Crippen LogP contribution in [0, 0.1) is 5.92 Å². The van der Waals surface area contributed by atoms with Crippen LogP contribution in [0.25, 0.3) is 0 Å². The van der Waals surface area contributed by atoms with Gasteiger partial charge in [0.25, 0.3) is 0 Å². The second-order valence-corrected chi connectivity index (χ2v) is 15.4. The first kappa shape index (κ1) is 36.2. The van der Waals surface area contributed by atoms with Gasteiger partial charge >= 0.3 is 5.97 Å². The molecule has 0 saturated carbocycles. The highest BCUT2D eigenvalue weighted by atomic mass is 32.2. The standard InChI is InChI=1S/C40H42N4O5S2/c1-27(2)35-37(46)49-31(23-33(45)41-24-34-42-32(25-48-34)36-44-39(3,26-50-36)38(47)43-35)21-13-14-22-51-40(28-15-7-4-8-16-28,29-17-9-5-10-18-29)30-19-11-6-12-20-30/h4-13,15-21,25,27,31,35H,14,22-24,26H2,1-3H3,(H,41,45)(H,43,47)/b21-13+/t31-,35?,39+/m1/s1. The van der Waals surface area contributed by atoms with Crippen molar-refractivity contribution >= 4 is 46.4 Å². The molecule has 3 heterocycles. The predicted octanol–water partition coefficient (Wildman–Crippen LogP) is 6.67. The molecule has 0 spiro atoms. The number of amides is 2. The van der Waals surface area contributed by atoms with E-state index >= 15 is 0 Å². The van der Waals surface area contributed by atoms with E-state index in [-0.39, 0.29) is 30.7 Å². The Hall–Kier alpha value is -4.61. The number of nitrogens with one attached hydrogen (secondary N) is 2. The maximum atomic E-state index is 13.6. The van der Waals surface area contributed by atoms with Gasteiger partial charge in [0.05, 0.1) is 17.7 Å². The fraction of sp³-hybridized carbons (Fsp3) is 0.325. The maximum absolute atomic E-state index is 13.6. The van der Waals surface area contributed by atoms with Gasteiger partial charge < -0.3 is 19.8 Å². The van der Waals surface area contributed by atoms with Gasteiger partial charge in [0.2, 0.25) is 17.7 Å². The molecule has 6 rings (SSSR count). The number of fused-ring (bicyclic) bond motifs is 4. The van der Waals surface area contributed by atoms with E-state index in [1.165, 1.54) is 34.7 Å². The monoisotopic (exact) mass is 722 g/mol. The van der Waals surface area contributed by atoms with Gasteiger partial charge in [-0.25, -0.2) is 9.78 Å². The van der Waals surface area contributed by atoms with E-state index in [2.05, 4.69) is 93.4 Å². The Bertz CT molecular complexity index is 1780. The normalized spacial score (nSPS) is 21.6. The van der Waals surface area contributed by atoms with Crippen LogP contribution in [0.15, 0.2) is 119 Å². The molecule has 3 atom stereocenters. The lowest BCUT2D eigenvalue weighted by Gasteiger charge is -2.35. The van der Waals surface area contributed by atoms with Crippen LogP contribution < -0.4 is 10.6 Å². The molecule has 51 heavy (non-hydrogen) atoms. The molecule has 2 aliphatic heterocycles. The van der Waals surface area contributed by atoms with Gasteiger partial charge in [-0.05, 0) is 47.8 Å². The zero-order valence-electron chi connectivity index (χ0n) is 28.9. The van der Waals surface area contributed by atoms with E-state index in [0.717, 1.165) is 5.75 Å². The Morgan fingerprint density at radius 2 is 1.57 bits per heavy atom. The molecule has 0 radical (unpaired) electrons. The molecule has 2 aliphatic rings. The number of carbonyl (C=O) groups excluding carboxylic acids is 3. The molecule has 3 aromatic carbocycles. The smallest absolute Gasteiger partial charge is 0.329 e. The summed E-state index contributed by atoms with van der Waals surface area (Å²) in [4.78, 5) is 49.4. The number of rotatable bonds is 9. The van der Waals surface area contributed by atoms with Gasteiger partial charge in [-0.1, -0.05) is 111 Å². The van der Waals surface area contributed by atoms with Crippen molar-refractivity contribution in [3.05, 3.63) is 138 Å². The Morgan fingerprint density at radius 1 is 0.961 bits per heavy atom. The third kappa shape index (κ3) is 8.31. The van der Waals surface area contributed by atoms with Crippen LogP contribution in [0.2, 0.25) is 0 Å². The molecule has 2 N–H and O–H groups in total. The average molecular weight is 723 g/mol. The summed E-state index contributed by atoms with van der Waals surface area (Å²) in [7, 11) is 0. The summed E-state index contributed by atoms with van der Waals surface area (Å²) in [6.07, 6.45) is 4.88. The van der Waals surface area contributed by atoms with Gasteiger partial charge in [0.1, 0.15) is 34.7 Å². The summed E-state index contributed by atoms with van der Waals surface area (Å²) in [5.41, 5.74) is 2.93. The summed E-state index contributed by atoms with van der Waals surface area (Å²) in [6.45, 7) is 5.48. The number of hydrogen-bond donors (Lipinski definition) is 2. The van der Waals surface area contributed by atoms with Crippen LogP contribution >= 0.6 is 23.5 Å². The lowest BCUT2D eigenvalue weighted by molar-refractivity contribution is -0.153. The molecule has 4 aromatic rings. The Labute approximate surface area is 307 Å². The number of nitrogens with zero attached hydrogens (tertiary/aromatic N) is 2. The first-order valence-corrected chi connectivity index (χ1v) is 19.1. The Kier molecular flexibility index (Phi) is 11.5. The van der Waals surface area contributed by atoms with E-state index in [9.17, 15) is 14.4 Å². The average Bonchev–Trinajstić information content (AvgIpc) is 3.79. The molecule has 0 fully saturated rings. The van der Waals surface area contributed by atoms with Crippen molar-refractivity contribution in [2.75, 3.05) is 11.5 Å². The summed E-state index contributed by atoms with van der Waals surface area (Å²) >= 11 is 3.22. The quantitative estimate of drug-likeness (QED) is 0.0851. The van der Waals surface area contributed by atoms with Crippen LogP contribution in [0.1, 0.15) is 61.9 Å². The van der Waals surface area contributed by atoms with E-state index in [4.69, 9.17) is 9.15 Å². The fourth-order valence-corrected chi connectivity index (χ4v) is 8.72. The van der Waals surface area contributed by atoms with E-state index in [0.29, 0.717) is 28.8 Å². The van der Waals surface area contributed by atoms with Crippen molar-refractivity contribution in [1.29, 1.82) is 0 Å². The topological polar surface area (TPSA) is 123 Å². The number of aromatic nitrogens is 1. The Balaban J connectivity index is 1.23. The van der Waals surface area contributed by atoms with Crippen LogP contribution in [0.3, 0.4) is 0 Å². The molecule has 264 valence electrons. The van der Waals surface area contributed by atoms with Crippen molar-refractivity contribution in [2.24, 2.45) is 10.9 Å². The summed E-state index contributed by atoms with van der Waals surface area (Å²) in [6, 6.07) is 30.6. The number of carbonyl (C=O) groups is 3. The lowest BCUT2D eigenvalue weighted by Crippen LogP contribution is -2.53. The van der Waals surface area contributed by atoms with E-state index < -0.39 is 28.4 Å². The molecule has 2 amide bonds. The summed E-state index contributed by atoms with van der Waals surface area (Å²) in [5, 5.41) is 6.28. The minimum atomic E-state index is -1.09. The van der Waals surface area contributed by atoms with E-state index in [1.807, 2.05) is 49.9 Å². The highest BCUT2D eigenvalue weighted by molar-refractivity contribution is 8.14. The molecule has 11 heteroatoms. The second-order valence-electron chi connectivity index (χ2n) is 13.1. The van der Waals surface area contributed by atoms with Gasteiger partial charge in [-0.2, -0.15) is 0 Å². The van der Waals surface area contributed by atoms with E-state index in [1.54, 1.807) is 13.0 Å². The van der Waals surface area contributed by atoms with Gasteiger partial charge in [-0.15, -0.1) is 23.5 Å². The third-order valence-electron chi connectivity index (χ3n) is 8.89. The number of hydrogen-bond acceptors (Lipinski definition) is 9. The minimum absolute atomic E-state index is 0.0602. The van der Waals surface area contributed by atoms with Crippen LogP contribution in [0.4, 0.5) is 0 Å². The molecule has 4 bridgehead atoms. The number of ether oxygens (including phenoxy) is 1. The number of allylic oxidation sites excluding steroid dienone is 1. The predicted molar refractivity (Wildman–Crippen MR) is 202 cm³/mol. The molecule has 1 unspecified atom stereocenters. The van der Waals surface area contributed by atoms with Crippen molar-refractivity contribution in [2.45, 2.75) is 62.6 Å². The number of aliphatic imine (C=N–C) groups is 1. The molecular weight excluding hydrogens is 681 g/mol. The summed E-state index contributed by atoms with van der Waals surface area (Å²) in [5.74, 6) is -0.151. The molecule has 0 saturated heterocycles. The minimum Gasteiger partial charge on any atom is -0.456 e. The number of cyclic esters (lactones) is 1. The van der Waals surface area contributed by atoms with Gasteiger partial charge in [0.15, 0.2) is 0 Å². The SMILES string of the molecule is CC(C)C1NC(=O)[C@]2(C)CSC(=N2)c2coc(n2)CNC(=O)C[C@@H](/C=C/CCSC(c2ccccc2)(c2ccccc2)c2ccccc2)OC1=O. The number of benzene rings is 3. The largest absolute Gasteiger partial charge is 0.456 e. The number of oxazole rings is 1. The molecule has 0 aliphatic carbocycles. The number of esters is 1. The van der Waals surface area contributed by atoms with Crippen molar-refractivity contribution < 1.29 is 23.5 Å². The highest BCUT2D eigenvalue weighted by Gasteiger charge is 2.42. The molecular formula is C40H42N4O5S2. The second kappa shape index (κ2) is 16.2. The van der Waals surface area contributed by atoms with Gasteiger partial charge in [-0.3, -0.25) is 14.6 Å². The first-order chi connectivity index (χ1) is 24.7. The first-order valence-electron chi connectivity index (χ1n) is 17.1. The van der Waals surface area contributed by atoms with Crippen LogP contribution in [-0.4, -0.2) is 57.0 Å². The maximum Gasteiger partial charge on any atom is 0.329 e. The molecule has 9 nitrogen and oxygen atoms in total. The third-order valence-corrected chi connectivity index (χ3v) is 11.8. The van der Waals surface area contributed by atoms with Crippen molar-refractivity contribution in [3.63, 3.8) is 0 Å². The highest BCUT2D eigenvalue weighted by Crippen LogP contribution is 2.48. The zero-order valence-corrected chi connectivity index (χ0v) is 30.5. The lowest BCUT2D eigenvalue weighted by atomic mass is 9.84. The molecule has 1 aromatic heterocycles. The van der Waals surface area contributed by atoms with Crippen molar-refractivity contribution in [1.82, 2.24) is 15.6 Å². The van der Waals surface area contributed by atoms with Crippen LogP contribution in [0.5, 0.6) is 0 Å². The number of thioether (sulfide) groups is 2. The van der Waals surface area contributed by atoms with Crippen LogP contribution in [-0.2, 0) is 30.4 Å². The van der Waals surface area contributed by atoms with Crippen molar-refractivity contribution in [3.8, 4) is 0 Å².